The SMILES string of the molecule is CCOC1Cc2cc(C)ccc2[C@H]1N1CCN(C2(C)CCN(C(=O)c3c(C)ccnc3C)CC2)C[C@@H]1C. The molecule has 37 heavy (non-hydrogen) atoms. The molecule has 1 unspecified atom stereocenters. The molecule has 5 rings (SSSR count). The van der Waals surface area contributed by atoms with E-state index in [2.05, 4.69) is 60.7 Å². The van der Waals surface area contributed by atoms with E-state index in [4.69, 9.17) is 4.74 Å². The van der Waals surface area contributed by atoms with E-state index < -0.39 is 0 Å². The number of pyridine rings is 1. The molecule has 2 fully saturated rings. The van der Waals surface area contributed by atoms with Gasteiger partial charge in [-0.1, -0.05) is 23.8 Å². The number of hydrogen-bond donors (Lipinski definition) is 0. The molecular formula is C31H44N4O2. The van der Waals surface area contributed by atoms with Crippen molar-refractivity contribution in [3.8, 4) is 0 Å². The fourth-order valence-electron chi connectivity index (χ4n) is 7.04. The number of ether oxygens (including phenoxy) is 1. The van der Waals surface area contributed by atoms with Gasteiger partial charge in [-0.2, -0.15) is 0 Å². The number of nitrogens with zero attached hydrogens (tertiary/aromatic N) is 4. The van der Waals surface area contributed by atoms with Crippen LogP contribution < -0.4 is 0 Å². The zero-order valence-electron chi connectivity index (χ0n) is 23.6. The summed E-state index contributed by atoms with van der Waals surface area (Å²) in [5, 5.41) is 0. The second kappa shape index (κ2) is 10.5. The fraction of sp³-hybridized carbons (Fsp3) is 0.613. The van der Waals surface area contributed by atoms with Crippen LogP contribution in [-0.4, -0.2) is 82.6 Å². The van der Waals surface area contributed by atoms with E-state index in [1.165, 1.54) is 16.7 Å². The van der Waals surface area contributed by atoms with Gasteiger partial charge in [-0.3, -0.25) is 19.6 Å². The van der Waals surface area contributed by atoms with E-state index in [0.717, 1.165) is 75.4 Å². The van der Waals surface area contributed by atoms with Gasteiger partial charge in [-0.05, 0) is 77.1 Å². The van der Waals surface area contributed by atoms with Gasteiger partial charge in [-0.15, -0.1) is 0 Å². The maximum atomic E-state index is 13.3. The van der Waals surface area contributed by atoms with Crippen molar-refractivity contribution < 1.29 is 9.53 Å². The Hall–Kier alpha value is -2.28. The summed E-state index contributed by atoms with van der Waals surface area (Å²) in [5.41, 5.74) is 7.01. The van der Waals surface area contributed by atoms with E-state index in [-0.39, 0.29) is 17.6 Å². The first-order valence-electron chi connectivity index (χ1n) is 14.1. The highest BCUT2D eigenvalue weighted by Gasteiger charge is 2.44. The van der Waals surface area contributed by atoms with Crippen LogP contribution in [0.5, 0.6) is 0 Å². The van der Waals surface area contributed by atoms with Crippen molar-refractivity contribution in [2.45, 2.75) is 84.5 Å². The Kier molecular flexibility index (Phi) is 7.45. The molecular weight excluding hydrogens is 460 g/mol. The Morgan fingerprint density at radius 1 is 1.11 bits per heavy atom. The van der Waals surface area contributed by atoms with Gasteiger partial charge >= 0.3 is 0 Å². The van der Waals surface area contributed by atoms with Crippen molar-refractivity contribution in [3.63, 3.8) is 0 Å². The van der Waals surface area contributed by atoms with Crippen molar-refractivity contribution in [1.29, 1.82) is 0 Å². The van der Waals surface area contributed by atoms with Crippen molar-refractivity contribution in [2.75, 3.05) is 39.3 Å². The summed E-state index contributed by atoms with van der Waals surface area (Å²) >= 11 is 0. The maximum Gasteiger partial charge on any atom is 0.255 e. The monoisotopic (exact) mass is 504 g/mol. The van der Waals surface area contributed by atoms with Crippen molar-refractivity contribution >= 4 is 5.91 Å². The molecule has 0 radical (unpaired) electrons. The van der Waals surface area contributed by atoms with E-state index >= 15 is 0 Å². The number of piperidine rings is 1. The van der Waals surface area contributed by atoms with Crippen molar-refractivity contribution in [2.24, 2.45) is 0 Å². The van der Waals surface area contributed by atoms with Crippen LogP contribution in [0, 0.1) is 20.8 Å². The molecule has 1 aromatic heterocycles. The fourth-order valence-corrected chi connectivity index (χ4v) is 7.04. The highest BCUT2D eigenvalue weighted by molar-refractivity contribution is 5.96. The van der Waals surface area contributed by atoms with Crippen LogP contribution in [0.25, 0.3) is 0 Å². The second-order valence-corrected chi connectivity index (χ2v) is 11.8. The van der Waals surface area contributed by atoms with Crippen LogP contribution in [0.2, 0.25) is 0 Å². The lowest BCUT2D eigenvalue weighted by atomic mass is 9.85. The van der Waals surface area contributed by atoms with Gasteiger partial charge in [0.1, 0.15) is 0 Å². The second-order valence-electron chi connectivity index (χ2n) is 11.8. The molecule has 2 aliphatic heterocycles. The van der Waals surface area contributed by atoms with Crippen LogP contribution in [0.3, 0.4) is 0 Å². The zero-order valence-corrected chi connectivity index (χ0v) is 23.6. The first-order valence-corrected chi connectivity index (χ1v) is 14.1. The smallest absolute Gasteiger partial charge is 0.255 e. The molecule has 1 aromatic carbocycles. The van der Waals surface area contributed by atoms with Crippen LogP contribution in [-0.2, 0) is 11.2 Å². The summed E-state index contributed by atoms with van der Waals surface area (Å²) in [4.78, 5) is 25.2. The third kappa shape index (κ3) is 4.96. The maximum absolute atomic E-state index is 13.3. The molecule has 0 saturated carbocycles. The van der Waals surface area contributed by atoms with Gasteiger partial charge in [0.15, 0.2) is 0 Å². The number of piperazine rings is 1. The van der Waals surface area contributed by atoms with Crippen LogP contribution in [0.1, 0.15) is 78.0 Å². The predicted molar refractivity (Wildman–Crippen MR) is 148 cm³/mol. The minimum Gasteiger partial charge on any atom is -0.376 e. The molecule has 3 aliphatic rings. The summed E-state index contributed by atoms with van der Waals surface area (Å²) in [7, 11) is 0. The molecule has 200 valence electrons. The molecule has 0 spiro atoms. The summed E-state index contributed by atoms with van der Waals surface area (Å²) < 4.78 is 6.29. The largest absolute Gasteiger partial charge is 0.376 e. The number of amides is 1. The number of fused-ring (bicyclic) bond motifs is 1. The third-order valence-electron chi connectivity index (χ3n) is 9.26. The highest BCUT2D eigenvalue weighted by atomic mass is 16.5. The average molecular weight is 505 g/mol. The molecule has 3 heterocycles. The lowest BCUT2D eigenvalue weighted by Gasteiger charge is -2.53. The molecule has 0 bridgehead atoms. The Morgan fingerprint density at radius 2 is 1.86 bits per heavy atom. The van der Waals surface area contributed by atoms with Gasteiger partial charge in [0, 0.05) is 63.5 Å². The number of hydrogen-bond acceptors (Lipinski definition) is 5. The normalized spacial score (nSPS) is 26.3. The number of aryl methyl sites for hydroxylation is 3. The lowest BCUT2D eigenvalue weighted by Crippen LogP contribution is -2.62. The number of likely N-dealkylation sites (tertiary alicyclic amines) is 1. The summed E-state index contributed by atoms with van der Waals surface area (Å²) in [5.74, 6) is 0.139. The Morgan fingerprint density at radius 3 is 2.54 bits per heavy atom. The summed E-state index contributed by atoms with van der Waals surface area (Å²) in [6, 6.07) is 9.68. The quantitative estimate of drug-likeness (QED) is 0.590. The highest BCUT2D eigenvalue weighted by Crippen LogP contribution is 2.41. The average Bonchev–Trinajstić information content (AvgIpc) is 3.21. The molecule has 2 aromatic rings. The first-order chi connectivity index (χ1) is 17.7. The minimum absolute atomic E-state index is 0.125. The van der Waals surface area contributed by atoms with Crippen molar-refractivity contribution in [1.82, 2.24) is 19.7 Å². The standard InChI is InChI=1S/C31H44N4O2/c1-7-37-27-19-25-18-21(2)8-9-26(25)29(27)35-17-16-34(20-23(35)4)31(6)11-14-33(15-12-31)30(36)28-22(3)10-13-32-24(28)5/h8-10,13,18,23,27,29H,7,11-12,14-17,19-20H2,1-6H3/t23-,27?,29+/m0/s1. The van der Waals surface area contributed by atoms with Gasteiger partial charge in [0.2, 0.25) is 0 Å². The van der Waals surface area contributed by atoms with E-state index in [0.29, 0.717) is 12.1 Å². The first kappa shape index (κ1) is 26.3. The molecule has 3 atom stereocenters. The molecule has 1 aliphatic carbocycles. The van der Waals surface area contributed by atoms with E-state index in [1.807, 2.05) is 24.8 Å². The zero-order chi connectivity index (χ0) is 26.3. The van der Waals surface area contributed by atoms with Crippen LogP contribution >= 0.6 is 0 Å². The minimum atomic E-state index is 0.125. The van der Waals surface area contributed by atoms with E-state index in [9.17, 15) is 4.79 Å². The number of rotatable bonds is 5. The molecule has 1 amide bonds. The number of carbonyl (C=O) groups excluding carboxylic acids is 1. The Balaban J connectivity index is 1.25. The van der Waals surface area contributed by atoms with Gasteiger partial charge < -0.3 is 9.64 Å². The third-order valence-corrected chi connectivity index (χ3v) is 9.26. The summed E-state index contributed by atoms with van der Waals surface area (Å²) in [6.45, 7) is 18.6. The van der Waals surface area contributed by atoms with E-state index in [1.54, 1.807) is 6.20 Å². The number of benzene rings is 1. The topological polar surface area (TPSA) is 48.9 Å². The molecule has 2 saturated heterocycles. The van der Waals surface area contributed by atoms with Gasteiger partial charge in [0.25, 0.3) is 5.91 Å². The van der Waals surface area contributed by atoms with Gasteiger partial charge in [0.05, 0.1) is 23.4 Å². The lowest BCUT2D eigenvalue weighted by molar-refractivity contribution is -0.0630. The number of aromatic nitrogens is 1. The number of carbonyl (C=O) groups is 1. The van der Waals surface area contributed by atoms with Crippen LogP contribution in [0.15, 0.2) is 30.5 Å². The molecule has 6 heteroatoms. The Bertz CT molecular complexity index is 1120. The van der Waals surface area contributed by atoms with Crippen LogP contribution in [0.4, 0.5) is 0 Å². The van der Waals surface area contributed by atoms with Gasteiger partial charge in [-0.25, -0.2) is 0 Å². The summed E-state index contributed by atoms with van der Waals surface area (Å²) in [6.07, 6.45) is 5.06. The predicted octanol–water partition coefficient (Wildman–Crippen LogP) is 4.71. The molecule has 0 N–H and O–H groups in total. The molecule has 6 nitrogen and oxygen atoms in total. The Labute approximate surface area is 223 Å². The van der Waals surface area contributed by atoms with Crippen molar-refractivity contribution in [3.05, 3.63) is 64.0 Å².